The number of benzene rings is 1. The lowest BCUT2D eigenvalue weighted by Gasteiger charge is -2.51. The molecule has 4 aliphatic heterocycles. The maximum absolute atomic E-state index is 6.19. The Morgan fingerprint density at radius 1 is 1.40 bits per heavy atom. The van der Waals surface area contributed by atoms with Crippen molar-refractivity contribution in [1.29, 1.82) is 0 Å². The van der Waals surface area contributed by atoms with Gasteiger partial charge in [0.15, 0.2) is 0 Å². The monoisotopic (exact) mass is 336 g/mol. The smallest absolute Gasteiger partial charge is 0.133 e. The van der Waals surface area contributed by atoms with E-state index in [0.717, 1.165) is 35.7 Å². The number of pyridine rings is 1. The molecule has 2 aromatic rings. The molecule has 25 heavy (non-hydrogen) atoms. The maximum atomic E-state index is 6.19. The van der Waals surface area contributed by atoms with Gasteiger partial charge in [-0.25, -0.2) is 0 Å². The van der Waals surface area contributed by atoms with Gasteiger partial charge in [-0.15, -0.1) is 6.58 Å². The number of aromatic nitrogens is 1. The SMILES string of the molecule is C=CC1CN2CCC1CC2[C@]1(c2ccnc3ccc(OC)cc23)CO1. The third kappa shape index (κ3) is 2.24. The Morgan fingerprint density at radius 2 is 2.28 bits per heavy atom. The van der Waals surface area contributed by atoms with Crippen molar-refractivity contribution in [2.45, 2.75) is 24.5 Å². The van der Waals surface area contributed by atoms with E-state index >= 15 is 0 Å². The molecule has 5 heterocycles. The molecular weight excluding hydrogens is 312 g/mol. The fourth-order valence-electron chi connectivity index (χ4n) is 5.05. The lowest BCUT2D eigenvalue weighted by Crippen LogP contribution is -2.57. The molecule has 4 nitrogen and oxygen atoms in total. The molecule has 0 spiro atoms. The van der Waals surface area contributed by atoms with Crippen LogP contribution < -0.4 is 4.74 Å². The molecular formula is C21H24N2O2. The van der Waals surface area contributed by atoms with Crippen molar-refractivity contribution in [2.24, 2.45) is 11.8 Å². The molecule has 0 N–H and O–H groups in total. The second-order valence-corrected chi connectivity index (χ2v) is 7.61. The first-order chi connectivity index (χ1) is 12.2. The zero-order chi connectivity index (χ0) is 17.0. The molecule has 4 unspecified atom stereocenters. The van der Waals surface area contributed by atoms with Crippen molar-refractivity contribution in [2.75, 3.05) is 26.8 Å². The molecule has 0 amide bonds. The summed E-state index contributed by atoms with van der Waals surface area (Å²) in [5.74, 6) is 2.25. The van der Waals surface area contributed by atoms with Gasteiger partial charge in [-0.2, -0.15) is 0 Å². The second-order valence-electron chi connectivity index (χ2n) is 7.61. The van der Waals surface area contributed by atoms with Crippen LogP contribution in [-0.2, 0) is 10.3 Å². The quantitative estimate of drug-likeness (QED) is 0.634. The van der Waals surface area contributed by atoms with Crippen molar-refractivity contribution < 1.29 is 9.47 Å². The van der Waals surface area contributed by atoms with Crippen LogP contribution in [0.4, 0.5) is 0 Å². The largest absolute Gasteiger partial charge is 0.497 e. The van der Waals surface area contributed by atoms with Crippen LogP contribution in [0.15, 0.2) is 43.1 Å². The van der Waals surface area contributed by atoms with E-state index in [1.807, 2.05) is 18.3 Å². The third-order valence-corrected chi connectivity index (χ3v) is 6.51. The van der Waals surface area contributed by atoms with Gasteiger partial charge >= 0.3 is 0 Å². The Kier molecular flexibility index (Phi) is 3.41. The minimum Gasteiger partial charge on any atom is -0.497 e. The molecule has 2 bridgehead atoms. The van der Waals surface area contributed by atoms with Crippen LogP contribution >= 0.6 is 0 Å². The van der Waals surface area contributed by atoms with Crippen molar-refractivity contribution in [3.63, 3.8) is 0 Å². The lowest BCUT2D eigenvalue weighted by atomic mass is 9.71. The molecule has 0 radical (unpaired) electrons. The van der Waals surface area contributed by atoms with Gasteiger partial charge in [0, 0.05) is 24.2 Å². The first kappa shape index (κ1) is 15.4. The Hall–Kier alpha value is -1.91. The van der Waals surface area contributed by atoms with Crippen LogP contribution in [0.3, 0.4) is 0 Å². The van der Waals surface area contributed by atoms with E-state index in [1.165, 1.54) is 24.9 Å². The molecule has 4 saturated heterocycles. The highest BCUT2D eigenvalue weighted by molar-refractivity contribution is 5.85. The summed E-state index contributed by atoms with van der Waals surface area (Å²) < 4.78 is 11.6. The molecule has 1 aromatic heterocycles. The number of fused-ring (bicyclic) bond motifs is 4. The standard InChI is InChI=1S/C21H24N2O2/c1-3-14-12-23-9-7-15(14)10-20(23)21(13-25-21)18-6-8-22-19-5-4-16(24-2)11-17(18)19/h3-6,8,11,14-15,20H,1,7,9-10,12-13H2,2H3/t14?,15?,20?,21-/m1/s1. The van der Waals surface area contributed by atoms with Crippen LogP contribution in [0.1, 0.15) is 18.4 Å². The predicted molar refractivity (Wildman–Crippen MR) is 97.7 cm³/mol. The van der Waals surface area contributed by atoms with Crippen LogP contribution in [-0.4, -0.2) is 42.7 Å². The predicted octanol–water partition coefficient (Wildman–Crippen LogP) is 3.37. The average molecular weight is 336 g/mol. The van der Waals surface area contributed by atoms with Gasteiger partial charge in [0.25, 0.3) is 0 Å². The zero-order valence-electron chi connectivity index (χ0n) is 14.6. The molecule has 6 rings (SSSR count). The fourth-order valence-corrected chi connectivity index (χ4v) is 5.05. The van der Waals surface area contributed by atoms with Crippen LogP contribution in [0.25, 0.3) is 10.9 Å². The van der Waals surface area contributed by atoms with Crippen LogP contribution in [0.2, 0.25) is 0 Å². The van der Waals surface area contributed by atoms with Gasteiger partial charge < -0.3 is 9.47 Å². The summed E-state index contributed by atoms with van der Waals surface area (Å²) in [7, 11) is 1.71. The summed E-state index contributed by atoms with van der Waals surface area (Å²) in [4.78, 5) is 7.17. The van der Waals surface area contributed by atoms with Gasteiger partial charge in [-0.05, 0) is 61.1 Å². The van der Waals surface area contributed by atoms with Crippen LogP contribution in [0, 0.1) is 11.8 Å². The molecule has 4 heteroatoms. The topological polar surface area (TPSA) is 37.9 Å². The Bertz CT molecular complexity index is 830. The minimum atomic E-state index is -0.182. The number of rotatable bonds is 4. The Labute approximate surface area is 148 Å². The van der Waals surface area contributed by atoms with Gasteiger partial charge in [-0.1, -0.05) is 6.08 Å². The summed E-state index contributed by atoms with van der Waals surface area (Å²) in [6, 6.07) is 8.71. The molecule has 1 aromatic carbocycles. The number of hydrogen-bond acceptors (Lipinski definition) is 4. The van der Waals surface area contributed by atoms with Gasteiger partial charge in [0.1, 0.15) is 11.4 Å². The molecule has 130 valence electrons. The van der Waals surface area contributed by atoms with Gasteiger partial charge in [0.2, 0.25) is 0 Å². The average Bonchev–Trinajstić information content (AvgIpc) is 3.49. The number of piperidine rings is 3. The number of ether oxygens (including phenoxy) is 2. The van der Waals surface area contributed by atoms with Crippen molar-refractivity contribution in [3.8, 4) is 5.75 Å². The highest BCUT2D eigenvalue weighted by Crippen LogP contribution is 2.52. The first-order valence-corrected chi connectivity index (χ1v) is 9.19. The Morgan fingerprint density at radius 3 is 2.96 bits per heavy atom. The number of nitrogens with zero attached hydrogens (tertiary/aromatic N) is 2. The Balaban J connectivity index is 1.57. The summed E-state index contributed by atoms with van der Waals surface area (Å²) in [6.07, 6.45) is 6.55. The molecule has 5 atom stereocenters. The molecule has 4 fully saturated rings. The van der Waals surface area contributed by atoms with Gasteiger partial charge in [0.05, 0.1) is 19.2 Å². The van der Waals surface area contributed by atoms with Crippen molar-refractivity contribution in [1.82, 2.24) is 9.88 Å². The number of epoxide rings is 1. The van der Waals surface area contributed by atoms with E-state index in [2.05, 4.69) is 34.7 Å². The summed E-state index contributed by atoms with van der Waals surface area (Å²) in [5.41, 5.74) is 2.09. The molecule has 0 saturated carbocycles. The van der Waals surface area contributed by atoms with E-state index in [-0.39, 0.29) is 5.60 Å². The number of methoxy groups -OCH3 is 1. The lowest BCUT2D eigenvalue weighted by molar-refractivity contribution is -0.0205. The molecule has 4 aliphatic rings. The maximum Gasteiger partial charge on any atom is 0.133 e. The highest BCUT2D eigenvalue weighted by Gasteiger charge is 2.59. The van der Waals surface area contributed by atoms with E-state index in [0.29, 0.717) is 12.0 Å². The fraction of sp³-hybridized carbons (Fsp3) is 0.476. The van der Waals surface area contributed by atoms with Crippen molar-refractivity contribution >= 4 is 10.9 Å². The molecule has 0 aliphatic carbocycles. The summed E-state index contributed by atoms with van der Waals surface area (Å²) in [5, 5.41) is 1.15. The highest BCUT2D eigenvalue weighted by atomic mass is 16.6. The van der Waals surface area contributed by atoms with E-state index in [4.69, 9.17) is 9.47 Å². The minimum absolute atomic E-state index is 0.182. The summed E-state index contributed by atoms with van der Waals surface area (Å²) >= 11 is 0. The van der Waals surface area contributed by atoms with E-state index < -0.39 is 0 Å². The summed E-state index contributed by atoms with van der Waals surface area (Å²) in [6.45, 7) is 7.14. The second kappa shape index (κ2) is 5.55. The van der Waals surface area contributed by atoms with Gasteiger partial charge in [-0.3, -0.25) is 9.88 Å². The zero-order valence-corrected chi connectivity index (χ0v) is 14.6. The third-order valence-electron chi connectivity index (χ3n) is 6.51. The normalized spacial score (nSPS) is 36.4. The number of hydrogen-bond donors (Lipinski definition) is 0. The first-order valence-electron chi connectivity index (χ1n) is 9.19. The van der Waals surface area contributed by atoms with Crippen LogP contribution in [0.5, 0.6) is 5.75 Å². The van der Waals surface area contributed by atoms with E-state index in [9.17, 15) is 0 Å². The van der Waals surface area contributed by atoms with E-state index in [1.54, 1.807) is 7.11 Å². The van der Waals surface area contributed by atoms with Crippen molar-refractivity contribution in [3.05, 3.63) is 48.7 Å².